The molecule has 0 aromatic heterocycles. The Bertz CT molecular complexity index is 496. The molecule has 0 atom stereocenters. The fourth-order valence-electron chi connectivity index (χ4n) is 1.96. The Kier molecular flexibility index (Phi) is 8.44. The van der Waals surface area contributed by atoms with Gasteiger partial charge in [0.05, 0.1) is 0 Å². The Balaban J connectivity index is 5.47. The van der Waals surface area contributed by atoms with E-state index in [-0.39, 0.29) is 5.41 Å². The molecule has 0 aromatic rings. The molecule has 0 rings (SSSR count). The van der Waals surface area contributed by atoms with E-state index in [1.807, 2.05) is 20.2 Å². The van der Waals surface area contributed by atoms with E-state index in [0.717, 1.165) is 18.7 Å². The fourth-order valence-corrected chi connectivity index (χ4v) is 1.96. The number of allylic oxidation sites excluding steroid dienone is 3. The highest BCUT2D eigenvalue weighted by atomic mass is 15.2. The third-order valence-corrected chi connectivity index (χ3v) is 2.82. The third-order valence-electron chi connectivity index (χ3n) is 2.82. The number of nitriles is 1. The number of hydrogen-bond donors (Lipinski definition) is 0. The minimum Gasteiger partial charge on any atom is -0.376 e. The van der Waals surface area contributed by atoms with Crippen LogP contribution in [0.3, 0.4) is 0 Å². The Morgan fingerprint density at radius 1 is 1.27 bits per heavy atom. The molecule has 0 unspecified atom stereocenters. The van der Waals surface area contributed by atoms with Crippen molar-refractivity contribution in [2.24, 2.45) is 10.4 Å². The van der Waals surface area contributed by atoms with Gasteiger partial charge < -0.3 is 9.80 Å². The van der Waals surface area contributed by atoms with Crippen molar-refractivity contribution in [1.29, 1.82) is 5.26 Å². The van der Waals surface area contributed by atoms with Crippen LogP contribution in [-0.2, 0) is 0 Å². The maximum Gasteiger partial charge on any atom is 0.115 e. The summed E-state index contributed by atoms with van der Waals surface area (Å²) in [5, 5.41) is 8.77. The van der Waals surface area contributed by atoms with Gasteiger partial charge in [-0.1, -0.05) is 33.4 Å². The van der Waals surface area contributed by atoms with E-state index in [2.05, 4.69) is 55.3 Å². The zero-order chi connectivity index (χ0) is 17.3. The largest absolute Gasteiger partial charge is 0.376 e. The molecule has 0 heterocycles. The summed E-state index contributed by atoms with van der Waals surface area (Å²) in [6.45, 7) is 14.0. The molecule has 0 saturated carbocycles. The minimum atomic E-state index is 0.216. The lowest BCUT2D eigenvalue weighted by atomic mass is 9.96. The molecule has 4 nitrogen and oxygen atoms in total. The average Bonchev–Trinajstić information content (AvgIpc) is 2.39. The summed E-state index contributed by atoms with van der Waals surface area (Å²) in [4.78, 5) is 8.52. The molecule has 0 N–H and O–H groups in total. The van der Waals surface area contributed by atoms with Crippen molar-refractivity contribution in [2.45, 2.75) is 27.7 Å². The van der Waals surface area contributed by atoms with Crippen LogP contribution in [0.4, 0.5) is 0 Å². The molecule has 0 spiro atoms. The summed E-state index contributed by atoms with van der Waals surface area (Å²) in [5.41, 5.74) is 2.74. The molecule has 0 aliphatic carbocycles. The molecule has 4 heteroatoms. The number of nitrogens with zero attached hydrogens (tertiary/aromatic N) is 4. The van der Waals surface area contributed by atoms with E-state index in [1.165, 1.54) is 5.70 Å². The van der Waals surface area contributed by atoms with Crippen LogP contribution in [0.1, 0.15) is 27.7 Å². The summed E-state index contributed by atoms with van der Waals surface area (Å²) in [5.74, 6) is 0. The van der Waals surface area contributed by atoms with E-state index in [9.17, 15) is 0 Å². The van der Waals surface area contributed by atoms with Gasteiger partial charge in [0.25, 0.3) is 0 Å². The quantitative estimate of drug-likeness (QED) is 0.534. The number of rotatable bonds is 7. The SMILES string of the molecule is C=CC(/C=C(/CN(C)C)N(C)CC(C)(C)C)=C\N=C(C)C#N. The second-order valence-electron chi connectivity index (χ2n) is 6.95. The van der Waals surface area contributed by atoms with Crippen LogP contribution in [0.25, 0.3) is 0 Å². The predicted molar refractivity (Wildman–Crippen MR) is 95.7 cm³/mol. The summed E-state index contributed by atoms with van der Waals surface area (Å²) < 4.78 is 0. The van der Waals surface area contributed by atoms with Crippen LogP contribution in [-0.4, -0.2) is 49.7 Å². The summed E-state index contributed by atoms with van der Waals surface area (Å²) in [7, 11) is 6.20. The fraction of sp³-hybridized carbons (Fsp3) is 0.556. The highest BCUT2D eigenvalue weighted by Gasteiger charge is 2.16. The average molecular weight is 302 g/mol. The van der Waals surface area contributed by atoms with Gasteiger partial charge in [0.2, 0.25) is 0 Å². The molecular weight excluding hydrogens is 272 g/mol. The van der Waals surface area contributed by atoms with E-state index >= 15 is 0 Å². The lowest BCUT2D eigenvalue weighted by Crippen LogP contribution is -2.33. The Labute approximate surface area is 136 Å². The van der Waals surface area contributed by atoms with Crippen LogP contribution in [0.15, 0.2) is 41.2 Å². The monoisotopic (exact) mass is 302 g/mol. The van der Waals surface area contributed by atoms with Gasteiger partial charge in [0, 0.05) is 32.0 Å². The summed E-state index contributed by atoms with van der Waals surface area (Å²) >= 11 is 0. The van der Waals surface area contributed by atoms with E-state index in [4.69, 9.17) is 5.26 Å². The highest BCUT2D eigenvalue weighted by Crippen LogP contribution is 2.18. The molecule has 0 radical (unpaired) electrons. The van der Waals surface area contributed by atoms with Crippen molar-refractivity contribution in [2.75, 3.05) is 34.2 Å². The van der Waals surface area contributed by atoms with Crippen LogP contribution in [0.5, 0.6) is 0 Å². The number of likely N-dealkylation sites (N-methyl/N-ethyl adjacent to an activating group) is 2. The second kappa shape index (κ2) is 9.22. The second-order valence-corrected chi connectivity index (χ2v) is 6.95. The molecule has 0 amide bonds. The molecule has 0 aliphatic rings. The lowest BCUT2D eigenvalue weighted by molar-refractivity contribution is 0.251. The molecule has 0 aromatic carbocycles. The Morgan fingerprint density at radius 2 is 1.86 bits per heavy atom. The molecule has 0 fully saturated rings. The van der Waals surface area contributed by atoms with Crippen LogP contribution >= 0.6 is 0 Å². The topological polar surface area (TPSA) is 42.6 Å². The van der Waals surface area contributed by atoms with E-state index in [1.54, 1.807) is 19.2 Å². The number of aliphatic imine (C=N–C) groups is 1. The molecule has 0 aliphatic heterocycles. The maximum atomic E-state index is 8.77. The van der Waals surface area contributed by atoms with Crippen LogP contribution in [0, 0.1) is 16.7 Å². The third kappa shape index (κ3) is 9.15. The predicted octanol–water partition coefficient (Wildman–Crippen LogP) is 3.46. The van der Waals surface area contributed by atoms with Crippen molar-refractivity contribution in [3.8, 4) is 6.07 Å². The summed E-state index contributed by atoms with van der Waals surface area (Å²) in [6.07, 6.45) is 5.52. The normalized spacial score (nSPS) is 14.0. The van der Waals surface area contributed by atoms with E-state index in [0.29, 0.717) is 5.71 Å². The van der Waals surface area contributed by atoms with Crippen molar-refractivity contribution >= 4 is 5.71 Å². The molecule has 122 valence electrons. The molecule has 0 bridgehead atoms. The maximum absolute atomic E-state index is 8.77. The first-order valence-corrected chi connectivity index (χ1v) is 7.42. The van der Waals surface area contributed by atoms with Gasteiger partial charge in [0.15, 0.2) is 0 Å². The van der Waals surface area contributed by atoms with Gasteiger partial charge in [0.1, 0.15) is 11.8 Å². The first kappa shape index (κ1) is 20.1. The zero-order valence-corrected chi connectivity index (χ0v) is 15.1. The van der Waals surface area contributed by atoms with Crippen LogP contribution < -0.4 is 0 Å². The van der Waals surface area contributed by atoms with Crippen molar-refractivity contribution in [1.82, 2.24) is 9.80 Å². The lowest BCUT2D eigenvalue weighted by Gasteiger charge is -2.31. The van der Waals surface area contributed by atoms with Gasteiger partial charge in [-0.2, -0.15) is 5.26 Å². The standard InChI is InChI=1S/C18H30N4/c1-9-16(12-20-15(2)11-19)10-17(13-21(6)7)22(8)14-18(3,4)5/h9-10,12H,1,13-14H2,2-8H3/b16-12+,17-10-,20-15?. The smallest absolute Gasteiger partial charge is 0.115 e. The Hall–Kier alpha value is -1.86. The molecule has 0 saturated heterocycles. The minimum absolute atomic E-state index is 0.216. The van der Waals surface area contributed by atoms with Crippen molar-refractivity contribution in [3.05, 3.63) is 36.2 Å². The van der Waals surface area contributed by atoms with Gasteiger partial charge in [-0.15, -0.1) is 0 Å². The van der Waals surface area contributed by atoms with Crippen molar-refractivity contribution < 1.29 is 0 Å². The Morgan fingerprint density at radius 3 is 2.27 bits per heavy atom. The molecule has 22 heavy (non-hydrogen) atoms. The number of hydrogen-bond acceptors (Lipinski definition) is 4. The zero-order valence-electron chi connectivity index (χ0n) is 15.1. The van der Waals surface area contributed by atoms with Crippen LogP contribution in [0.2, 0.25) is 0 Å². The van der Waals surface area contributed by atoms with E-state index < -0.39 is 0 Å². The van der Waals surface area contributed by atoms with Gasteiger partial charge in [-0.3, -0.25) is 0 Å². The van der Waals surface area contributed by atoms with Gasteiger partial charge in [-0.25, -0.2) is 4.99 Å². The molecular formula is C18H30N4. The first-order chi connectivity index (χ1) is 10.1. The first-order valence-electron chi connectivity index (χ1n) is 7.42. The summed E-state index contributed by atoms with van der Waals surface area (Å²) in [6, 6.07) is 2.02. The van der Waals surface area contributed by atoms with Gasteiger partial charge in [-0.05, 0) is 38.1 Å². The van der Waals surface area contributed by atoms with Crippen molar-refractivity contribution in [3.63, 3.8) is 0 Å². The van der Waals surface area contributed by atoms with Gasteiger partial charge >= 0.3 is 0 Å². The highest BCUT2D eigenvalue weighted by molar-refractivity contribution is 5.96.